The van der Waals surface area contributed by atoms with E-state index in [0.29, 0.717) is 5.56 Å². The molecule has 3 aromatic rings. The Morgan fingerprint density at radius 3 is 2.72 bits per heavy atom. The molecular weight excluding hydrogens is 224 g/mol. The summed E-state index contributed by atoms with van der Waals surface area (Å²) in [6.07, 6.45) is 1.90. The van der Waals surface area contributed by atoms with E-state index in [4.69, 9.17) is 5.73 Å². The third-order valence-corrected chi connectivity index (χ3v) is 3.06. The highest BCUT2D eigenvalue weighted by Gasteiger charge is 2.09. The highest BCUT2D eigenvalue weighted by atomic mass is 16.1. The molecule has 0 saturated carbocycles. The van der Waals surface area contributed by atoms with Gasteiger partial charge in [0.2, 0.25) is 5.91 Å². The van der Waals surface area contributed by atoms with Gasteiger partial charge < -0.3 is 10.7 Å². The summed E-state index contributed by atoms with van der Waals surface area (Å²) in [6, 6.07) is 15.4. The Balaban J connectivity index is 2.22. The van der Waals surface area contributed by atoms with Gasteiger partial charge in [0.25, 0.3) is 0 Å². The molecule has 0 atom stereocenters. The fourth-order valence-electron chi connectivity index (χ4n) is 2.17. The molecule has 0 radical (unpaired) electrons. The van der Waals surface area contributed by atoms with Gasteiger partial charge in [-0.2, -0.15) is 0 Å². The van der Waals surface area contributed by atoms with Crippen LogP contribution in [0.1, 0.15) is 10.4 Å². The van der Waals surface area contributed by atoms with E-state index in [2.05, 4.69) is 4.98 Å². The van der Waals surface area contributed by atoms with Crippen LogP contribution in [-0.2, 0) is 0 Å². The summed E-state index contributed by atoms with van der Waals surface area (Å²) in [5, 5.41) is 1.12. The van der Waals surface area contributed by atoms with Crippen LogP contribution in [0.5, 0.6) is 0 Å². The smallest absolute Gasteiger partial charge is 0.249 e. The second-order valence-corrected chi connectivity index (χ2v) is 4.19. The van der Waals surface area contributed by atoms with E-state index in [1.165, 1.54) is 0 Å². The molecule has 3 rings (SSSR count). The summed E-state index contributed by atoms with van der Waals surface area (Å²) in [7, 11) is 0. The molecule has 0 aliphatic rings. The van der Waals surface area contributed by atoms with Gasteiger partial charge in [-0.05, 0) is 40.8 Å². The Morgan fingerprint density at radius 1 is 1.06 bits per heavy atom. The van der Waals surface area contributed by atoms with Crippen LogP contribution in [0.4, 0.5) is 0 Å². The van der Waals surface area contributed by atoms with Crippen molar-refractivity contribution in [1.29, 1.82) is 0 Å². The molecule has 3 heteroatoms. The first-order valence-electron chi connectivity index (χ1n) is 5.72. The Labute approximate surface area is 104 Å². The van der Waals surface area contributed by atoms with Crippen LogP contribution in [0.2, 0.25) is 0 Å². The zero-order chi connectivity index (χ0) is 12.5. The molecule has 1 amide bonds. The number of hydrogen-bond donors (Lipinski definition) is 2. The second-order valence-electron chi connectivity index (χ2n) is 4.19. The maximum absolute atomic E-state index is 11.4. The zero-order valence-electron chi connectivity index (χ0n) is 9.68. The molecule has 0 fully saturated rings. The van der Waals surface area contributed by atoms with Crippen LogP contribution >= 0.6 is 0 Å². The normalized spacial score (nSPS) is 10.7. The molecule has 0 spiro atoms. The first-order valence-corrected chi connectivity index (χ1v) is 5.72. The zero-order valence-corrected chi connectivity index (χ0v) is 9.68. The summed E-state index contributed by atoms with van der Waals surface area (Å²) in [5.74, 6) is -0.403. The van der Waals surface area contributed by atoms with Crippen molar-refractivity contribution in [3.05, 3.63) is 60.3 Å². The third kappa shape index (κ3) is 1.66. The minimum Gasteiger partial charge on any atom is -0.366 e. The molecule has 2 aromatic carbocycles. The van der Waals surface area contributed by atoms with Crippen LogP contribution in [0, 0.1) is 0 Å². The lowest BCUT2D eigenvalue weighted by molar-refractivity contribution is 0.100. The lowest BCUT2D eigenvalue weighted by atomic mass is 9.98. The van der Waals surface area contributed by atoms with Crippen molar-refractivity contribution in [2.45, 2.75) is 0 Å². The number of carbonyl (C=O) groups is 1. The van der Waals surface area contributed by atoms with Crippen molar-refractivity contribution in [2.75, 3.05) is 0 Å². The molecule has 0 unspecified atom stereocenters. The Kier molecular flexibility index (Phi) is 2.38. The number of amides is 1. The van der Waals surface area contributed by atoms with Crippen LogP contribution in [0.25, 0.3) is 22.0 Å². The lowest BCUT2D eigenvalue weighted by Crippen LogP contribution is -2.12. The fraction of sp³-hybridized carbons (Fsp3) is 0. The fourth-order valence-corrected chi connectivity index (χ4v) is 2.17. The molecule has 0 aliphatic heterocycles. The van der Waals surface area contributed by atoms with E-state index in [0.717, 1.165) is 22.0 Å². The average molecular weight is 236 g/mol. The van der Waals surface area contributed by atoms with Crippen molar-refractivity contribution < 1.29 is 4.79 Å². The maximum atomic E-state index is 11.4. The van der Waals surface area contributed by atoms with Crippen LogP contribution in [0.15, 0.2) is 54.7 Å². The van der Waals surface area contributed by atoms with E-state index < -0.39 is 5.91 Å². The van der Waals surface area contributed by atoms with Gasteiger partial charge in [-0.3, -0.25) is 4.79 Å². The maximum Gasteiger partial charge on any atom is 0.249 e. The Morgan fingerprint density at radius 2 is 1.89 bits per heavy atom. The van der Waals surface area contributed by atoms with Gasteiger partial charge in [-0.25, -0.2) is 0 Å². The van der Waals surface area contributed by atoms with Gasteiger partial charge in [0.1, 0.15) is 0 Å². The van der Waals surface area contributed by atoms with Crippen molar-refractivity contribution in [2.24, 2.45) is 5.73 Å². The lowest BCUT2D eigenvalue weighted by Gasteiger charge is -2.06. The summed E-state index contributed by atoms with van der Waals surface area (Å²) < 4.78 is 0. The number of rotatable bonds is 2. The second kappa shape index (κ2) is 4.04. The molecule has 0 saturated heterocycles. The molecule has 88 valence electrons. The number of nitrogens with two attached hydrogens (primary N) is 1. The molecular formula is C15H12N2O. The van der Waals surface area contributed by atoms with E-state index >= 15 is 0 Å². The molecule has 0 bridgehead atoms. The number of nitrogens with one attached hydrogen (secondary N) is 1. The summed E-state index contributed by atoms with van der Waals surface area (Å²) >= 11 is 0. The molecule has 3 N–H and O–H groups in total. The number of aromatic nitrogens is 1. The number of hydrogen-bond acceptors (Lipinski definition) is 1. The highest BCUT2D eigenvalue weighted by Crippen LogP contribution is 2.26. The third-order valence-electron chi connectivity index (χ3n) is 3.06. The Hall–Kier alpha value is -2.55. The van der Waals surface area contributed by atoms with Gasteiger partial charge in [-0.1, -0.05) is 24.3 Å². The summed E-state index contributed by atoms with van der Waals surface area (Å²) in [5.41, 5.74) is 8.89. The van der Waals surface area contributed by atoms with Crippen molar-refractivity contribution in [1.82, 2.24) is 4.98 Å². The first-order chi connectivity index (χ1) is 8.75. The van der Waals surface area contributed by atoms with E-state index in [1.54, 1.807) is 6.07 Å². The van der Waals surface area contributed by atoms with E-state index in [9.17, 15) is 4.79 Å². The number of aromatic amines is 1. The predicted octanol–water partition coefficient (Wildman–Crippen LogP) is 2.93. The highest BCUT2D eigenvalue weighted by molar-refractivity contribution is 6.00. The van der Waals surface area contributed by atoms with Crippen LogP contribution < -0.4 is 5.73 Å². The largest absolute Gasteiger partial charge is 0.366 e. The summed E-state index contributed by atoms with van der Waals surface area (Å²) in [6.45, 7) is 0. The minimum atomic E-state index is -0.403. The first kappa shape index (κ1) is 10.6. The Bertz CT molecular complexity index is 728. The predicted molar refractivity (Wildman–Crippen MR) is 72.3 cm³/mol. The minimum absolute atomic E-state index is 0.403. The topological polar surface area (TPSA) is 58.9 Å². The van der Waals surface area contributed by atoms with Crippen molar-refractivity contribution in [3.63, 3.8) is 0 Å². The molecule has 3 nitrogen and oxygen atoms in total. The molecule has 0 aliphatic carbocycles. The van der Waals surface area contributed by atoms with Crippen molar-refractivity contribution in [3.8, 4) is 11.1 Å². The van der Waals surface area contributed by atoms with E-state index in [1.807, 2.05) is 48.7 Å². The van der Waals surface area contributed by atoms with Crippen LogP contribution in [0.3, 0.4) is 0 Å². The van der Waals surface area contributed by atoms with Gasteiger partial charge in [-0.15, -0.1) is 0 Å². The number of primary amides is 1. The molecule has 1 aromatic heterocycles. The van der Waals surface area contributed by atoms with Crippen LogP contribution in [-0.4, -0.2) is 10.9 Å². The molecule has 1 heterocycles. The van der Waals surface area contributed by atoms with Gasteiger partial charge in [0, 0.05) is 17.3 Å². The number of fused-ring (bicyclic) bond motifs is 1. The SMILES string of the molecule is NC(=O)c1ccccc1-c1ccc2[nH]ccc2c1. The number of H-pyrrole nitrogens is 1. The summed E-state index contributed by atoms with van der Waals surface area (Å²) in [4.78, 5) is 14.6. The van der Waals surface area contributed by atoms with Gasteiger partial charge >= 0.3 is 0 Å². The number of benzene rings is 2. The number of carbonyl (C=O) groups excluding carboxylic acids is 1. The standard InChI is InChI=1S/C15H12N2O/c16-15(18)13-4-2-1-3-12(13)10-5-6-14-11(9-10)7-8-17-14/h1-9,17H,(H2,16,18). The van der Waals surface area contributed by atoms with Crippen molar-refractivity contribution >= 4 is 16.8 Å². The quantitative estimate of drug-likeness (QED) is 0.706. The van der Waals surface area contributed by atoms with E-state index in [-0.39, 0.29) is 0 Å². The average Bonchev–Trinajstić information content (AvgIpc) is 2.85. The molecule has 18 heavy (non-hydrogen) atoms. The van der Waals surface area contributed by atoms with Gasteiger partial charge in [0.15, 0.2) is 0 Å². The van der Waals surface area contributed by atoms with Gasteiger partial charge in [0.05, 0.1) is 0 Å². The monoisotopic (exact) mass is 236 g/mol.